The minimum Gasteiger partial charge on any atom is -0.379 e. The average Bonchev–Trinajstić information content (AvgIpc) is 2.84. The van der Waals surface area contributed by atoms with E-state index in [0.29, 0.717) is 56.2 Å². The average molecular weight is 498 g/mol. The molecule has 0 aromatic heterocycles. The second kappa shape index (κ2) is 9.55. The van der Waals surface area contributed by atoms with Crippen LogP contribution >= 0.6 is 0 Å². The van der Waals surface area contributed by atoms with E-state index in [1.807, 2.05) is 4.90 Å². The molecule has 34 heavy (non-hydrogen) atoms. The largest absolute Gasteiger partial charge is 0.416 e. The number of alkyl halides is 3. The summed E-state index contributed by atoms with van der Waals surface area (Å²) in [7, 11) is -3.74. The number of amides is 1. The summed E-state index contributed by atoms with van der Waals surface area (Å²) in [5, 5.41) is 0. The van der Waals surface area contributed by atoms with Crippen molar-refractivity contribution < 1.29 is 31.1 Å². The molecule has 0 N–H and O–H groups in total. The van der Waals surface area contributed by atoms with Gasteiger partial charge in [0.1, 0.15) is 0 Å². The first-order chi connectivity index (χ1) is 16.1. The molecule has 2 aromatic rings. The van der Waals surface area contributed by atoms with Crippen molar-refractivity contribution in [1.82, 2.24) is 9.21 Å². The minimum absolute atomic E-state index is 0.0611. The molecule has 0 saturated carbocycles. The highest BCUT2D eigenvalue weighted by atomic mass is 32.2. The van der Waals surface area contributed by atoms with Gasteiger partial charge in [0.05, 0.1) is 23.7 Å². The topological polar surface area (TPSA) is 70.2 Å². The third-order valence-corrected chi connectivity index (χ3v) is 8.05. The van der Waals surface area contributed by atoms with E-state index < -0.39 is 21.8 Å². The zero-order chi connectivity index (χ0) is 24.5. The fraction of sp³-hybridized carbons (Fsp3) is 0.435. The maximum Gasteiger partial charge on any atom is 0.416 e. The summed E-state index contributed by atoms with van der Waals surface area (Å²) < 4.78 is 71.7. The Bertz CT molecular complexity index is 1160. The molecule has 7 nitrogen and oxygen atoms in total. The molecule has 11 heteroatoms. The molecule has 2 aliphatic heterocycles. The molecule has 0 unspecified atom stereocenters. The summed E-state index contributed by atoms with van der Waals surface area (Å²) >= 11 is 0. The molecule has 0 radical (unpaired) electrons. The standard InChI is InChI=1S/C23H26F3N3O4S/c1-17-5-6-20(34(31,32)29-11-13-33-14-12-29)16-21(17)22(30)28-9-7-27(8-10-28)19-4-2-3-18(15-19)23(24,25)26/h2-6,15-16H,7-14H2,1H3. The van der Waals surface area contributed by atoms with E-state index in [9.17, 15) is 26.4 Å². The normalized spacial score (nSPS) is 18.2. The number of hydrogen-bond donors (Lipinski definition) is 0. The quantitative estimate of drug-likeness (QED) is 0.650. The van der Waals surface area contributed by atoms with Crippen LogP contribution in [0.3, 0.4) is 0 Å². The number of carbonyl (C=O) groups excluding carboxylic acids is 1. The second-order valence-corrected chi connectivity index (χ2v) is 10.3. The molecule has 0 bridgehead atoms. The number of anilines is 1. The van der Waals surface area contributed by atoms with Gasteiger partial charge < -0.3 is 14.5 Å². The number of ether oxygens (including phenoxy) is 1. The fourth-order valence-electron chi connectivity index (χ4n) is 4.15. The van der Waals surface area contributed by atoms with Crippen LogP contribution in [0.4, 0.5) is 18.9 Å². The molecular formula is C23H26F3N3O4S. The Balaban J connectivity index is 1.48. The molecule has 2 aromatic carbocycles. The van der Waals surface area contributed by atoms with Gasteiger partial charge in [-0.05, 0) is 42.8 Å². The first-order valence-corrected chi connectivity index (χ1v) is 12.4. The van der Waals surface area contributed by atoms with Crippen molar-refractivity contribution in [3.8, 4) is 0 Å². The van der Waals surface area contributed by atoms with E-state index in [0.717, 1.165) is 12.1 Å². The van der Waals surface area contributed by atoms with Crippen molar-refractivity contribution in [2.45, 2.75) is 18.0 Å². The first kappa shape index (κ1) is 24.5. The summed E-state index contributed by atoms with van der Waals surface area (Å²) in [4.78, 5) is 16.7. The van der Waals surface area contributed by atoms with Crippen molar-refractivity contribution in [2.75, 3.05) is 57.4 Å². The van der Waals surface area contributed by atoms with Gasteiger partial charge >= 0.3 is 6.18 Å². The van der Waals surface area contributed by atoms with Gasteiger partial charge in [-0.1, -0.05) is 12.1 Å². The van der Waals surface area contributed by atoms with Crippen LogP contribution in [-0.2, 0) is 20.9 Å². The number of piperazine rings is 1. The lowest BCUT2D eigenvalue weighted by Crippen LogP contribution is -2.49. The molecule has 0 aliphatic carbocycles. The maximum atomic E-state index is 13.2. The number of hydrogen-bond acceptors (Lipinski definition) is 5. The zero-order valence-corrected chi connectivity index (χ0v) is 19.5. The fourth-order valence-corrected chi connectivity index (χ4v) is 5.58. The predicted molar refractivity (Wildman–Crippen MR) is 120 cm³/mol. The van der Waals surface area contributed by atoms with Crippen molar-refractivity contribution in [3.05, 3.63) is 59.2 Å². The number of sulfonamides is 1. The smallest absolute Gasteiger partial charge is 0.379 e. The van der Waals surface area contributed by atoms with Crippen LogP contribution in [0.2, 0.25) is 0 Å². The Hall–Kier alpha value is -2.63. The van der Waals surface area contributed by atoms with Crippen LogP contribution in [0.25, 0.3) is 0 Å². The summed E-state index contributed by atoms with van der Waals surface area (Å²) in [6, 6.07) is 9.69. The summed E-state index contributed by atoms with van der Waals surface area (Å²) in [6.45, 7) is 4.30. The molecule has 0 atom stereocenters. The number of morpholine rings is 1. The number of benzene rings is 2. The first-order valence-electron chi connectivity index (χ1n) is 11.0. The van der Waals surface area contributed by atoms with Gasteiger partial charge in [0.15, 0.2) is 0 Å². The third kappa shape index (κ3) is 5.06. The van der Waals surface area contributed by atoms with Crippen LogP contribution < -0.4 is 4.90 Å². The van der Waals surface area contributed by atoms with Gasteiger partial charge in [-0.3, -0.25) is 4.79 Å². The predicted octanol–water partition coefficient (Wildman–Crippen LogP) is 3.00. The van der Waals surface area contributed by atoms with Crippen molar-refractivity contribution in [3.63, 3.8) is 0 Å². The molecule has 1 amide bonds. The van der Waals surface area contributed by atoms with Gasteiger partial charge in [0, 0.05) is 50.5 Å². The van der Waals surface area contributed by atoms with Gasteiger partial charge in [-0.25, -0.2) is 8.42 Å². The maximum absolute atomic E-state index is 13.2. The van der Waals surface area contributed by atoms with Crippen molar-refractivity contribution >= 4 is 21.6 Å². The van der Waals surface area contributed by atoms with Crippen LogP contribution in [0, 0.1) is 6.92 Å². The van der Waals surface area contributed by atoms with Gasteiger partial charge in [0.2, 0.25) is 10.0 Å². The highest BCUT2D eigenvalue weighted by Crippen LogP contribution is 2.32. The van der Waals surface area contributed by atoms with Crippen molar-refractivity contribution in [2.24, 2.45) is 0 Å². The Kier molecular flexibility index (Phi) is 6.88. The Morgan fingerprint density at radius 3 is 2.26 bits per heavy atom. The van der Waals surface area contributed by atoms with E-state index >= 15 is 0 Å². The lowest BCUT2D eigenvalue weighted by atomic mass is 10.1. The number of aryl methyl sites for hydroxylation is 1. The molecular weight excluding hydrogens is 471 g/mol. The van der Waals surface area contributed by atoms with Crippen LogP contribution in [-0.4, -0.2) is 76.0 Å². The van der Waals surface area contributed by atoms with E-state index in [2.05, 4.69) is 0 Å². The highest BCUT2D eigenvalue weighted by molar-refractivity contribution is 7.89. The SMILES string of the molecule is Cc1ccc(S(=O)(=O)N2CCOCC2)cc1C(=O)N1CCN(c2cccc(C(F)(F)F)c2)CC1. The van der Waals surface area contributed by atoms with Crippen LogP contribution in [0.15, 0.2) is 47.4 Å². The van der Waals surface area contributed by atoms with Crippen LogP contribution in [0.1, 0.15) is 21.5 Å². The summed E-state index contributed by atoms with van der Waals surface area (Å²) in [5.74, 6) is -0.291. The molecule has 2 heterocycles. The van der Waals surface area contributed by atoms with Gasteiger partial charge in [-0.2, -0.15) is 17.5 Å². The summed E-state index contributed by atoms with van der Waals surface area (Å²) in [6.07, 6.45) is -4.42. The van der Waals surface area contributed by atoms with Gasteiger partial charge in [0.25, 0.3) is 5.91 Å². The monoisotopic (exact) mass is 497 g/mol. The number of rotatable bonds is 4. The van der Waals surface area contributed by atoms with E-state index in [1.54, 1.807) is 24.0 Å². The Morgan fingerprint density at radius 2 is 1.62 bits per heavy atom. The molecule has 2 fully saturated rings. The minimum atomic E-state index is -4.42. The number of nitrogens with zero attached hydrogens (tertiary/aromatic N) is 3. The van der Waals surface area contributed by atoms with E-state index in [4.69, 9.17) is 4.74 Å². The number of halogens is 3. The van der Waals surface area contributed by atoms with Crippen LogP contribution in [0.5, 0.6) is 0 Å². The molecule has 184 valence electrons. The van der Waals surface area contributed by atoms with Gasteiger partial charge in [-0.15, -0.1) is 0 Å². The van der Waals surface area contributed by atoms with E-state index in [1.165, 1.54) is 22.5 Å². The zero-order valence-electron chi connectivity index (χ0n) is 18.7. The molecule has 2 saturated heterocycles. The summed E-state index contributed by atoms with van der Waals surface area (Å²) in [5.41, 5.74) is 0.710. The third-order valence-electron chi connectivity index (χ3n) is 6.15. The lowest BCUT2D eigenvalue weighted by Gasteiger charge is -2.36. The Morgan fingerprint density at radius 1 is 0.941 bits per heavy atom. The lowest BCUT2D eigenvalue weighted by molar-refractivity contribution is -0.137. The number of carbonyl (C=O) groups is 1. The Labute approximate surface area is 196 Å². The molecule has 2 aliphatic rings. The van der Waals surface area contributed by atoms with E-state index in [-0.39, 0.29) is 23.9 Å². The van der Waals surface area contributed by atoms with Crippen molar-refractivity contribution in [1.29, 1.82) is 0 Å². The highest BCUT2D eigenvalue weighted by Gasteiger charge is 2.32. The molecule has 0 spiro atoms. The molecule has 4 rings (SSSR count). The second-order valence-electron chi connectivity index (χ2n) is 8.32.